The highest BCUT2D eigenvalue weighted by Crippen LogP contribution is 2.27. The third kappa shape index (κ3) is 4.57. The molecule has 9 heteroatoms. The summed E-state index contributed by atoms with van der Waals surface area (Å²) in [5.74, 6) is -12.2. The van der Waals surface area contributed by atoms with Gasteiger partial charge in [-0.05, 0) is 34.6 Å². The monoisotopic (exact) mass is 382 g/mol. The van der Waals surface area contributed by atoms with Gasteiger partial charge in [-0.15, -0.1) is 0 Å². The molecule has 4 nitrogen and oxygen atoms in total. The average molecular weight is 382 g/mol. The van der Waals surface area contributed by atoms with Gasteiger partial charge in [-0.25, -0.2) is 22.0 Å². The van der Waals surface area contributed by atoms with Gasteiger partial charge in [0.1, 0.15) is 16.8 Å². The van der Waals surface area contributed by atoms with Crippen LogP contribution in [0.3, 0.4) is 0 Å². The van der Waals surface area contributed by atoms with Gasteiger partial charge in [0.15, 0.2) is 23.3 Å². The topological polar surface area (TPSA) is 52.6 Å². The van der Waals surface area contributed by atoms with Crippen LogP contribution in [0.15, 0.2) is 0 Å². The molecule has 0 aromatic heterocycles. The van der Waals surface area contributed by atoms with Crippen LogP contribution >= 0.6 is 0 Å². The number of hydrogen-bond acceptors (Lipinski definition) is 4. The van der Waals surface area contributed by atoms with Gasteiger partial charge in [0.05, 0.1) is 18.8 Å². The number of carbonyl (C=O) groups is 2. The lowest BCUT2D eigenvalue weighted by atomic mass is 9.87. The van der Waals surface area contributed by atoms with E-state index < -0.39 is 70.6 Å². The van der Waals surface area contributed by atoms with Crippen LogP contribution in [0.5, 0.6) is 0 Å². The zero-order valence-electron chi connectivity index (χ0n) is 14.9. The van der Waals surface area contributed by atoms with Crippen LogP contribution in [0.2, 0.25) is 0 Å². The minimum atomic E-state index is -2.29. The number of Topliss-reactive ketones (excluding diaryl/α,β-unsaturated/α-hetero) is 1. The molecule has 0 aliphatic heterocycles. The van der Waals surface area contributed by atoms with Gasteiger partial charge in [0.25, 0.3) is 0 Å². The van der Waals surface area contributed by atoms with Crippen LogP contribution in [0, 0.1) is 34.5 Å². The zero-order valence-corrected chi connectivity index (χ0v) is 14.9. The van der Waals surface area contributed by atoms with E-state index >= 15 is 0 Å². The van der Waals surface area contributed by atoms with Crippen molar-refractivity contribution in [2.45, 2.75) is 46.8 Å². The van der Waals surface area contributed by atoms with Crippen molar-refractivity contribution in [1.29, 1.82) is 0 Å². The molecule has 1 rings (SSSR count). The molecule has 0 heterocycles. The van der Waals surface area contributed by atoms with Gasteiger partial charge < -0.3 is 9.47 Å². The molecule has 0 N–H and O–H groups in total. The standard InChI is InChI=1S/C17H19F5O4/c1-8(23)17(5,15(24)26-16(2,3)4)7-25-6-9-10(18)12(20)14(22)13(21)11(9)19/h6-7H2,1-5H3. The summed E-state index contributed by atoms with van der Waals surface area (Å²) in [6.07, 6.45) is 0. The fourth-order valence-corrected chi connectivity index (χ4v) is 1.83. The first-order valence-electron chi connectivity index (χ1n) is 7.55. The van der Waals surface area contributed by atoms with Crippen molar-refractivity contribution in [1.82, 2.24) is 0 Å². The number of benzene rings is 1. The molecule has 1 aromatic carbocycles. The predicted octanol–water partition coefficient (Wildman–Crippen LogP) is 3.84. The maximum Gasteiger partial charge on any atom is 0.322 e. The Labute approximate surface area is 147 Å². The van der Waals surface area contributed by atoms with Gasteiger partial charge >= 0.3 is 5.97 Å². The van der Waals surface area contributed by atoms with Gasteiger partial charge in [-0.3, -0.25) is 9.59 Å². The van der Waals surface area contributed by atoms with E-state index in [1.807, 2.05) is 0 Å². The SMILES string of the molecule is CC(=O)C(C)(COCc1c(F)c(F)c(F)c(F)c1F)C(=O)OC(C)(C)C. The fourth-order valence-electron chi connectivity index (χ4n) is 1.83. The van der Waals surface area contributed by atoms with E-state index in [-0.39, 0.29) is 0 Å². The lowest BCUT2D eigenvalue weighted by Gasteiger charge is -2.29. The Morgan fingerprint density at radius 3 is 1.65 bits per heavy atom. The molecule has 0 spiro atoms. The second-order valence-corrected chi connectivity index (χ2v) is 6.93. The Balaban J connectivity index is 3.01. The highest BCUT2D eigenvalue weighted by molar-refractivity contribution is 6.02. The molecule has 1 unspecified atom stereocenters. The Kier molecular flexibility index (Phi) is 6.51. The van der Waals surface area contributed by atoms with Crippen molar-refractivity contribution >= 4 is 11.8 Å². The van der Waals surface area contributed by atoms with Crippen LogP contribution in [0.25, 0.3) is 0 Å². The van der Waals surface area contributed by atoms with E-state index in [1.54, 1.807) is 20.8 Å². The third-order valence-electron chi connectivity index (χ3n) is 3.56. The Morgan fingerprint density at radius 2 is 1.27 bits per heavy atom. The fraction of sp³-hybridized carbons (Fsp3) is 0.529. The molecule has 0 amide bonds. The smallest absolute Gasteiger partial charge is 0.322 e. The Bertz CT molecular complexity index is 698. The number of ketones is 1. The van der Waals surface area contributed by atoms with E-state index in [2.05, 4.69) is 0 Å². The largest absolute Gasteiger partial charge is 0.459 e. The molecule has 0 saturated heterocycles. The quantitative estimate of drug-likeness (QED) is 0.247. The van der Waals surface area contributed by atoms with Crippen molar-refractivity contribution < 1.29 is 41.0 Å². The van der Waals surface area contributed by atoms with Gasteiger partial charge in [0, 0.05) is 0 Å². The maximum absolute atomic E-state index is 13.6. The number of ether oxygens (including phenoxy) is 2. The van der Waals surface area contributed by atoms with Crippen molar-refractivity contribution in [3.05, 3.63) is 34.6 Å². The molecule has 0 saturated carbocycles. The highest BCUT2D eigenvalue weighted by Gasteiger charge is 2.42. The minimum absolute atomic E-state index is 0.649. The molecule has 1 atom stereocenters. The first-order valence-corrected chi connectivity index (χ1v) is 7.55. The van der Waals surface area contributed by atoms with Crippen LogP contribution < -0.4 is 0 Å². The summed E-state index contributed by atoms with van der Waals surface area (Å²) in [7, 11) is 0. The molecule has 0 bridgehead atoms. The lowest BCUT2D eigenvalue weighted by Crippen LogP contribution is -2.43. The van der Waals surface area contributed by atoms with Crippen molar-refractivity contribution in [2.24, 2.45) is 5.41 Å². The van der Waals surface area contributed by atoms with E-state index in [0.29, 0.717) is 0 Å². The Hall–Kier alpha value is -2.03. The maximum atomic E-state index is 13.6. The molecule has 26 heavy (non-hydrogen) atoms. The minimum Gasteiger partial charge on any atom is -0.459 e. The number of rotatable bonds is 6. The summed E-state index contributed by atoms with van der Waals surface area (Å²) in [5.41, 5.74) is -3.91. The molecular weight excluding hydrogens is 363 g/mol. The second kappa shape index (κ2) is 7.69. The summed E-state index contributed by atoms with van der Waals surface area (Å²) in [6.45, 7) is 5.30. The van der Waals surface area contributed by atoms with E-state index in [1.165, 1.54) is 6.92 Å². The van der Waals surface area contributed by atoms with E-state index in [4.69, 9.17) is 9.47 Å². The van der Waals surface area contributed by atoms with Crippen LogP contribution in [-0.2, 0) is 25.7 Å². The van der Waals surface area contributed by atoms with E-state index in [0.717, 1.165) is 6.92 Å². The summed E-state index contributed by atoms with van der Waals surface area (Å²) in [4.78, 5) is 24.0. The summed E-state index contributed by atoms with van der Waals surface area (Å²) in [6, 6.07) is 0. The molecule has 1 aromatic rings. The first kappa shape index (κ1) is 22.0. The lowest BCUT2D eigenvalue weighted by molar-refractivity contribution is -0.173. The van der Waals surface area contributed by atoms with Crippen LogP contribution in [0.1, 0.15) is 40.2 Å². The molecule has 146 valence electrons. The highest BCUT2D eigenvalue weighted by atomic mass is 19.2. The molecule has 0 radical (unpaired) electrons. The molecule has 0 aliphatic rings. The zero-order chi connectivity index (χ0) is 20.4. The first-order chi connectivity index (χ1) is 11.7. The second-order valence-electron chi connectivity index (χ2n) is 6.93. The number of hydrogen-bond donors (Lipinski definition) is 0. The van der Waals surface area contributed by atoms with Crippen molar-refractivity contribution in [3.8, 4) is 0 Å². The molecular formula is C17H19F5O4. The number of esters is 1. The summed E-state index contributed by atoms with van der Waals surface area (Å²) >= 11 is 0. The van der Waals surface area contributed by atoms with E-state index in [9.17, 15) is 31.5 Å². The average Bonchev–Trinajstić information content (AvgIpc) is 2.52. The molecule has 0 aliphatic carbocycles. The Morgan fingerprint density at radius 1 is 0.846 bits per heavy atom. The number of carbonyl (C=O) groups excluding carboxylic acids is 2. The molecule has 0 fully saturated rings. The predicted molar refractivity (Wildman–Crippen MR) is 80.5 cm³/mol. The van der Waals surface area contributed by atoms with Crippen molar-refractivity contribution in [2.75, 3.05) is 6.61 Å². The third-order valence-corrected chi connectivity index (χ3v) is 3.56. The van der Waals surface area contributed by atoms with Crippen LogP contribution in [-0.4, -0.2) is 24.0 Å². The van der Waals surface area contributed by atoms with Gasteiger partial charge in [-0.2, -0.15) is 0 Å². The normalized spacial score (nSPS) is 14.1. The van der Waals surface area contributed by atoms with Gasteiger partial charge in [-0.1, -0.05) is 0 Å². The van der Waals surface area contributed by atoms with Gasteiger partial charge in [0.2, 0.25) is 5.82 Å². The van der Waals surface area contributed by atoms with Crippen LogP contribution in [0.4, 0.5) is 22.0 Å². The summed E-state index contributed by atoms with van der Waals surface area (Å²) in [5, 5.41) is 0. The summed E-state index contributed by atoms with van der Waals surface area (Å²) < 4.78 is 76.6. The number of halogens is 5. The van der Waals surface area contributed by atoms with Crippen molar-refractivity contribution in [3.63, 3.8) is 0 Å².